The number of hydrogen-bond acceptors (Lipinski definition) is 5. The molecule has 4 aromatic rings. The highest BCUT2D eigenvalue weighted by molar-refractivity contribution is 7.22. The number of pyridine rings is 2. The Bertz CT molecular complexity index is 1200. The van der Waals surface area contributed by atoms with Crippen LogP contribution in [0.1, 0.15) is 6.92 Å². The maximum atomic E-state index is 12.3. The van der Waals surface area contributed by atoms with Crippen LogP contribution in [0.5, 0.6) is 0 Å². The highest BCUT2D eigenvalue weighted by Crippen LogP contribution is 2.36. The molecule has 2 N–H and O–H groups in total. The summed E-state index contributed by atoms with van der Waals surface area (Å²) in [5, 5.41) is 5.93. The summed E-state index contributed by atoms with van der Waals surface area (Å²) in [5.41, 5.74) is 3.08. The number of hydrogen-bond donors (Lipinski definition) is 2. The van der Waals surface area contributed by atoms with Gasteiger partial charge in [-0.2, -0.15) is 0 Å². The Morgan fingerprint density at radius 2 is 2.11 bits per heavy atom. The van der Waals surface area contributed by atoms with Gasteiger partial charge in [0.1, 0.15) is 0 Å². The zero-order valence-corrected chi connectivity index (χ0v) is 15.9. The number of rotatable bonds is 4. The van der Waals surface area contributed by atoms with Gasteiger partial charge in [0.2, 0.25) is 0 Å². The quantitative estimate of drug-likeness (QED) is 0.556. The molecule has 0 fully saturated rings. The fourth-order valence-corrected chi connectivity index (χ4v) is 3.87. The van der Waals surface area contributed by atoms with Crippen LogP contribution in [0.25, 0.3) is 27.0 Å². The minimum absolute atomic E-state index is 0.130. The van der Waals surface area contributed by atoms with E-state index in [-0.39, 0.29) is 11.6 Å². The molecule has 0 aliphatic carbocycles. The molecule has 0 spiro atoms. The summed E-state index contributed by atoms with van der Waals surface area (Å²) in [5.74, 6) is 0. The van der Waals surface area contributed by atoms with Gasteiger partial charge in [-0.1, -0.05) is 23.5 Å². The Morgan fingerprint density at radius 1 is 1.21 bits per heavy atom. The minimum Gasteiger partial charge on any atom is -0.338 e. The fourth-order valence-electron chi connectivity index (χ4n) is 2.89. The lowest BCUT2D eigenvalue weighted by Crippen LogP contribution is -2.28. The van der Waals surface area contributed by atoms with Crippen LogP contribution in [0, 0.1) is 0 Å². The van der Waals surface area contributed by atoms with Crippen molar-refractivity contribution in [2.24, 2.45) is 0 Å². The lowest BCUT2D eigenvalue weighted by Gasteiger charge is -2.09. The van der Waals surface area contributed by atoms with Crippen molar-refractivity contribution in [1.29, 1.82) is 0 Å². The van der Waals surface area contributed by atoms with Crippen LogP contribution in [0.2, 0.25) is 0 Å². The maximum Gasteiger partial charge on any atom is 0.321 e. The average Bonchev–Trinajstić information content (AvgIpc) is 3.10. The number of aromatic nitrogens is 3. The third-order valence-corrected chi connectivity index (χ3v) is 5.13. The molecular weight excluding hydrogens is 374 g/mol. The van der Waals surface area contributed by atoms with E-state index in [2.05, 4.69) is 20.6 Å². The van der Waals surface area contributed by atoms with Crippen molar-refractivity contribution in [2.45, 2.75) is 6.92 Å². The Balaban J connectivity index is 1.90. The molecule has 0 atom stereocenters. The van der Waals surface area contributed by atoms with E-state index in [0.717, 1.165) is 15.8 Å². The smallest absolute Gasteiger partial charge is 0.321 e. The summed E-state index contributed by atoms with van der Waals surface area (Å²) in [6.07, 6.45) is 5.20. The number of carbonyl (C=O) groups excluding carboxylic acids is 1. The first kappa shape index (κ1) is 17.9. The molecule has 0 aliphatic rings. The van der Waals surface area contributed by atoms with E-state index >= 15 is 0 Å². The Labute approximate surface area is 164 Å². The second kappa shape index (κ2) is 7.61. The van der Waals surface area contributed by atoms with Crippen molar-refractivity contribution in [3.8, 4) is 16.8 Å². The van der Waals surface area contributed by atoms with Crippen LogP contribution in [0.15, 0.2) is 65.8 Å². The molecule has 0 saturated heterocycles. The largest absolute Gasteiger partial charge is 0.338 e. The third kappa shape index (κ3) is 3.49. The molecule has 3 heterocycles. The standard InChI is InChI=1S/C20H17N5O2S/c1-2-22-19(27)24-20-23-16-11-14(25-9-4-3-7-17(25)26)10-15(18(16)28-20)13-6-5-8-21-12-13/h3-12H,2H2,1H3,(H2,22,23,24,27). The summed E-state index contributed by atoms with van der Waals surface area (Å²) >= 11 is 1.38. The third-order valence-electron chi connectivity index (χ3n) is 4.11. The van der Waals surface area contributed by atoms with Crippen molar-refractivity contribution < 1.29 is 4.79 Å². The summed E-state index contributed by atoms with van der Waals surface area (Å²) in [7, 11) is 0. The van der Waals surface area contributed by atoms with Crippen LogP contribution in [-0.4, -0.2) is 27.1 Å². The van der Waals surface area contributed by atoms with Gasteiger partial charge in [-0.15, -0.1) is 0 Å². The van der Waals surface area contributed by atoms with Crippen molar-refractivity contribution in [3.63, 3.8) is 0 Å². The highest BCUT2D eigenvalue weighted by atomic mass is 32.1. The highest BCUT2D eigenvalue weighted by Gasteiger charge is 2.14. The van der Waals surface area contributed by atoms with Crippen LogP contribution in [0.4, 0.5) is 9.93 Å². The number of carbonyl (C=O) groups is 1. The minimum atomic E-state index is -0.302. The van der Waals surface area contributed by atoms with Gasteiger partial charge >= 0.3 is 6.03 Å². The summed E-state index contributed by atoms with van der Waals surface area (Å²) in [4.78, 5) is 32.9. The van der Waals surface area contributed by atoms with Crippen LogP contribution in [-0.2, 0) is 0 Å². The molecular formula is C20H17N5O2S. The molecule has 7 nitrogen and oxygen atoms in total. The molecule has 8 heteroatoms. The Hall–Kier alpha value is -3.52. The second-order valence-electron chi connectivity index (χ2n) is 6.00. The van der Waals surface area contributed by atoms with E-state index in [4.69, 9.17) is 0 Å². The first-order chi connectivity index (χ1) is 13.7. The van der Waals surface area contributed by atoms with Crippen molar-refractivity contribution in [2.75, 3.05) is 11.9 Å². The molecule has 0 radical (unpaired) electrons. The molecule has 3 aromatic heterocycles. The van der Waals surface area contributed by atoms with E-state index in [0.29, 0.717) is 22.9 Å². The zero-order valence-electron chi connectivity index (χ0n) is 15.0. The predicted octanol–water partition coefficient (Wildman–Crippen LogP) is 3.65. The number of nitrogens with zero attached hydrogens (tertiary/aromatic N) is 3. The molecule has 0 bridgehead atoms. The van der Waals surface area contributed by atoms with E-state index < -0.39 is 0 Å². The number of fused-ring (bicyclic) bond motifs is 1. The second-order valence-corrected chi connectivity index (χ2v) is 6.99. The van der Waals surface area contributed by atoms with E-state index in [1.165, 1.54) is 17.4 Å². The molecule has 4 rings (SSSR count). The zero-order chi connectivity index (χ0) is 19.5. The van der Waals surface area contributed by atoms with E-state index in [9.17, 15) is 9.59 Å². The van der Waals surface area contributed by atoms with Crippen LogP contribution in [0.3, 0.4) is 0 Å². The van der Waals surface area contributed by atoms with Crippen molar-refractivity contribution in [1.82, 2.24) is 19.9 Å². The van der Waals surface area contributed by atoms with Crippen LogP contribution >= 0.6 is 11.3 Å². The molecule has 140 valence electrons. The summed E-state index contributed by atoms with van der Waals surface area (Å²) in [6.45, 7) is 2.38. The summed E-state index contributed by atoms with van der Waals surface area (Å²) in [6, 6.07) is 12.3. The number of thiazole rings is 1. The molecule has 28 heavy (non-hydrogen) atoms. The number of nitrogens with one attached hydrogen (secondary N) is 2. The average molecular weight is 391 g/mol. The summed E-state index contributed by atoms with van der Waals surface area (Å²) < 4.78 is 2.47. The topological polar surface area (TPSA) is 88.9 Å². The van der Waals surface area contributed by atoms with E-state index in [1.54, 1.807) is 35.3 Å². The fraction of sp³-hybridized carbons (Fsp3) is 0.100. The number of urea groups is 1. The lowest BCUT2D eigenvalue weighted by molar-refractivity contribution is 0.252. The first-order valence-electron chi connectivity index (χ1n) is 8.73. The monoisotopic (exact) mass is 391 g/mol. The Kier molecular flexibility index (Phi) is 4.86. The van der Waals surface area contributed by atoms with Crippen molar-refractivity contribution >= 4 is 32.7 Å². The number of anilines is 1. The van der Waals surface area contributed by atoms with Gasteiger partial charge in [-0.05, 0) is 31.2 Å². The number of amides is 2. The molecule has 0 unspecified atom stereocenters. The van der Waals surface area contributed by atoms with Gasteiger partial charge in [0, 0.05) is 42.3 Å². The Morgan fingerprint density at radius 3 is 2.86 bits per heavy atom. The molecule has 2 amide bonds. The number of benzene rings is 1. The van der Waals surface area contributed by atoms with Gasteiger partial charge in [0.15, 0.2) is 5.13 Å². The van der Waals surface area contributed by atoms with Gasteiger partial charge in [-0.3, -0.25) is 19.7 Å². The molecule has 0 aliphatic heterocycles. The van der Waals surface area contributed by atoms with Gasteiger partial charge in [0.05, 0.1) is 15.9 Å². The molecule has 0 saturated carbocycles. The first-order valence-corrected chi connectivity index (χ1v) is 9.55. The van der Waals surface area contributed by atoms with E-state index in [1.807, 2.05) is 31.2 Å². The maximum absolute atomic E-state index is 12.3. The van der Waals surface area contributed by atoms with Crippen molar-refractivity contribution in [3.05, 3.63) is 71.4 Å². The van der Waals surface area contributed by atoms with Gasteiger partial charge in [0.25, 0.3) is 5.56 Å². The van der Waals surface area contributed by atoms with Gasteiger partial charge in [-0.25, -0.2) is 9.78 Å². The van der Waals surface area contributed by atoms with Crippen LogP contribution < -0.4 is 16.2 Å². The normalized spacial score (nSPS) is 10.8. The lowest BCUT2D eigenvalue weighted by atomic mass is 10.1. The SMILES string of the molecule is CCNC(=O)Nc1nc2cc(-n3ccccc3=O)cc(-c3cccnc3)c2s1. The predicted molar refractivity (Wildman–Crippen MR) is 111 cm³/mol. The molecule has 1 aromatic carbocycles. The van der Waals surface area contributed by atoms with Gasteiger partial charge < -0.3 is 5.32 Å².